The average Bonchev–Trinajstić information content (AvgIpc) is 3.39. The molecule has 9 nitrogen and oxygen atoms in total. The maximum Gasteiger partial charge on any atom is 0.272 e. The maximum atomic E-state index is 13.1. The standard InChI is InChI=1S/C26H26N6O3/c1-18-7-9-19(10-8-18)32-25(33)12-11-24(29-32)30-13-15-31(16-14-30)26(34)22-17-21(27-28-22)20-5-3-4-6-23(20)35-2/h3-12,17H,13-16H2,1-2H3,(H,27,28). The van der Waals surface area contributed by atoms with Gasteiger partial charge < -0.3 is 14.5 Å². The van der Waals surface area contributed by atoms with Crippen LogP contribution in [0.15, 0.2) is 71.5 Å². The van der Waals surface area contributed by atoms with Gasteiger partial charge in [-0.05, 0) is 43.3 Å². The molecule has 2 aromatic carbocycles. The number of ether oxygens (including phenoxy) is 1. The van der Waals surface area contributed by atoms with E-state index < -0.39 is 0 Å². The van der Waals surface area contributed by atoms with Gasteiger partial charge in [-0.3, -0.25) is 14.7 Å². The number of piperazine rings is 1. The van der Waals surface area contributed by atoms with Gasteiger partial charge in [-0.15, -0.1) is 5.10 Å². The van der Waals surface area contributed by atoms with Crippen LogP contribution in [0, 0.1) is 6.92 Å². The fourth-order valence-corrected chi connectivity index (χ4v) is 4.18. The molecule has 0 spiro atoms. The van der Waals surface area contributed by atoms with Crippen molar-refractivity contribution in [3.8, 4) is 22.7 Å². The highest BCUT2D eigenvalue weighted by Gasteiger charge is 2.25. The number of nitrogens with one attached hydrogen (secondary N) is 1. The number of hydrogen-bond acceptors (Lipinski definition) is 6. The Labute approximate surface area is 202 Å². The van der Waals surface area contributed by atoms with E-state index in [-0.39, 0.29) is 11.5 Å². The number of aromatic nitrogens is 4. The summed E-state index contributed by atoms with van der Waals surface area (Å²) in [5.41, 5.74) is 3.58. The van der Waals surface area contributed by atoms with Crippen LogP contribution < -0.4 is 15.2 Å². The fraction of sp³-hybridized carbons (Fsp3) is 0.231. The molecule has 1 N–H and O–H groups in total. The highest BCUT2D eigenvalue weighted by molar-refractivity contribution is 5.93. The molecule has 1 aliphatic rings. The van der Waals surface area contributed by atoms with E-state index in [1.54, 1.807) is 24.1 Å². The van der Waals surface area contributed by atoms with Gasteiger partial charge in [-0.1, -0.05) is 29.8 Å². The second-order valence-electron chi connectivity index (χ2n) is 8.42. The molecule has 1 aliphatic heterocycles. The third-order valence-electron chi connectivity index (χ3n) is 6.15. The van der Waals surface area contributed by atoms with Crippen molar-refractivity contribution in [2.75, 3.05) is 38.2 Å². The van der Waals surface area contributed by atoms with Crippen molar-refractivity contribution >= 4 is 11.7 Å². The Kier molecular flexibility index (Phi) is 6.05. The molecule has 0 unspecified atom stereocenters. The Morgan fingerprint density at radius 1 is 0.971 bits per heavy atom. The Hall–Kier alpha value is -4.40. The molecule has 35 heavy (non-hydrogen) atoms. The van der Waals surface area contributed by atoms with Crippen LogP contribution in [0.25, 0.3) is 16.9 Å². The molecule has 9 heteroatoms. The van der Waals surface area contributed by atoms with Gasteiger partial charge in [-0.25, -0.2) is 0 Å². The summed E-state index contributed by atoms with van der Waals surface area (Å²) in [6.45, 7) is 4.29. The first-order valence-corrected chi connectivity index (χ1v) is 11.4. The number of hydrogen-bond donors (Lipinski definition) is 1. The van der Waals surface area contributed by atoms with E-state index in [0.717, 1.165) is 16.8 Å². The van der Waals surface area contributed by atoms with Crippen LogP contribution in [0.4, 0.5) is 5.82 Å². The molecule has 1 fully saturated rings. The Morgan fingerprint density at radius 2 is 1.71 bits per heavy atom. The van der Waals surface area contributed by atoms with Crippen molar-refractivity contribution in [2.24, 2.45) is 0 Å². The van der Waals surface area contributed by atoms with Gasteiger partial charge in [0.2, 0.25) is 0 Å². The number of carbonyl (C=O) groups excluding carboxylic acids is 1. The summed E-state index contributed by atoms with van der Waals surface area (Å²) < 4.78 is 6.82. The second kappa shape index (κ2) is 9.46. The van der Waals surface area contributed by atoms with Crippen LogP contribution in [0.1, 0.15) is 16.1 Å². The molecule has 2 aromatic heterocycles. The predicted molar refractivity (Wildman–Crippen MR) is 133 cm³/mol. The van der Waals surface area contributed by atoms with Crippen LogP contribution in [0.2, 0.25) is 0 Å². The molecule has 5 rings (SSSR count). The first-order valence-electron chi connectivity index (χ1n) is 11.4. The molecular formula is C26H26N6O3. The van der Waals surface area contributed by atoms with Gasteiger partial charge in [0.05, 0.1) is 18.5 Å². The van der Waals surface area contributed by atoms with Crippen molar-refractivity contribution in [2.45, 2.75) is 6.92 Å². The quantitative estimate of drug-likeness (QED) is 0.482. The van der Waals surface area contributed by atoms with Crippen molar-refractivity contribution in [1.82, 2.24) is 24.9 Å². The molecule has 0 atom stereocenters. The average molecular weight is 471 g/mol. The van der Waals surface area contributed by atoms with Crippen molar-refractivity contribution in [3.63, 3.8) is 0 Å². The lowest BCUT2D eigenvalue weighted by molar-refractivity contribution is 0.0740. The predicted octanol–water partition coefficient (Wildman–Crippen LogP) is 2.90. The molecular weight excluding hydrogens is 444 g/mol. The summed E-state index contributed by atoms with van der Waals surface area (Å²) in [4.78, 5) is 29.4. The van der Waals surface area contributed by atoms with E-state index in [4.69, 9.17) is 4.74 Å². The molecule has 0 radical (unpaired) electrons. The fourth-order valence-electron chi connectivity index (χ4n) is 4.18. The first kappa shape index (κ1) is 22.4. The molecule has 1 amide bonds. The zero-order valence-corrected chi connectivity index (χ0v) is 19.6. The van der Waals surface area contributed by atoms with E-state index in [0.29, 0.717) is 49.1 Å². The van der Waals surface area contributed by atoms with E-state index >= 15 is 0 Å². The summed E-state index contributed by atoms with van der Waals surface area (Å²) in [5, 5.41) is 11.8. The zero-order chi connectivity index (χ0) is 24.4. The van der Waals surface area contributed by atoms with E-state index in [1.807, 2.05) is 55.5 Å². The summed E-state index contributed by atoms with van der Waals surface area (Å²) >= 11 is 0. The number of anilines is 1. The van der Waals surface area contributed by atoms with E-state index in [2.05, 4.69) is 20.2 Å². The van der Waals surface area contributed by atoms with Gasteiger partial charge in [-0.2, -0.15) is 9.78 Å². The largest absolute Gasteiger partial charge is 0.496 e. The number of amides is 1. The number of rotatable bonds is 5. The molecule has 0 saturated carbocycles. The maximum absolute atomic E-state index is 13.1. The van der Waals surface area contributed by atoms with Gasteiger partial charge in [0.15, 0.2) is 0 Å². The van der Waals surface area contributed by atoms with E-state index in [1.165, 1.54) is 10.7 Å². The number of benzene rings is 2. The van der Waals surface area contributed by atoms with Gasteiger partial charge in [0.1, 0.15) is 17.3 Å². The molecule has 1 saturated heterocycles. The topological polar surface area (TPSA) is 96.4 Å². The third-order valence-corrected chi connectivity index (χ3v) is 6.15. The lowest BCUT2D eigenvalue weighted by atomic mass is 10.1. The Balaban J connectivity index is 1.28. The smallest absolute Gasteiger partial charge is 0.272 e. The third kappa shape index (κ3) is 4.52. The van der Waals surface area contributed by atoms with E-state index in [9.17, 15) is 9.59 Å². The number of H-pyrrole nitrogens is 1. The minimum atomic E-state index is -0.184. The van der Waals surface area contributed by atoms with Crippen molar-refractivity contribution < 1.29 is 9.53 Å². The number of aryl methyl sites for hydroxylation is 1. The SMILES string of the molecule is COc1ccccc1-c1cc(C(=O)N2CCN(c3ccc(=O)n(-c4ccc(C)cc4)n3)CC2)[nH]n1. The highest BCUT2D eigenvalue weighted by atomic mass is 16.5. The molecule has 178 valence electrons. The molecule has 4 aromatic rings. The van der Waals surface area contributed by atoms with Crippen LogP contribution in [-0.2, 0) is 0 Å². The van der Waals surface area contributed by atoms with Crippen LogP contribution in [-0.4, -0.2) is 64.1 Å². The van der Waals surface area contributed by atoms with Crippen molar-refractivity contribution in [1.29, 1.82) is 0 Å². The zero-order valence-electron chi connectivity index (χ0n) is 19.6. The molecule has 0 aliphatic carbocycles. The summed E-state index contributed by atoms with van der Waals surface area (Å²) in [7, 11) is 1.61. The first-order chi connectivity index (χ1) is 17.0. The van der Waals surface area contributed by atoms with Crippen LogP contribution in [0.5, 0.6) is 5.75 Å². The number of methoxy groups -OCH3 is 1. The minimum Gasteiger partial charge on any atom is -0.496 e. The normalized spacial score (nSPS) is 13.7. The van der Waals surface area contributed by atoms with Crippen LogP contribution >= 0.6 is 0 Å². The second-order valence-corrected chi connectivity index (χ2v) is 8.42. The Morgan fingerprint density at radius 3 is 2.46 bits per heavy atom. The van der Waals surface area contributed by atoms with Crippen molar-refractivity contribution in [3.05, 3.63) is 88.3 Å². The number of para-hydroxylation sites is 1. The highest BCUT2D eigenvalue weighted by Crippen LogP contribution is 2.28. The lowest BCUT2D eigenvalue weighted by Crippen LogP contribution is -2.49. The number of nitrogens with zero attached hydrogens (tertiary/aromatic N) is 5. The summed E-state index contributed by atoms with van der Waals surface area (Å²) in [6.07, 6.45) is 0. The summed E-state index contributed by atoms with van der Waals surface area (Å²) in [6, 6.07) is 20.3. The van der Waals surface area contributed by atoms with Crippen LogP contribution in [0.3, 0.4) is 0 Å². The van der Waals surface area contributed by atoms with Gasteiger partial charge >= 0.3 is 0 Å². The molecule has 3 heterocycles. The number of carbonyl (C=O) groups is 1. The Bertz CT molecular complexity index is 1400. The number of aromatic amines is 1. The monoisotopic (exact) mass is 470 g/mol. The van der Waals surface area contributed by atoms with Gasteiger partial charge in [0.25, 0.3) is 11.5 Å². The molecule has 0 bridgehead atoms. The lowest BCUT2D eigenvalue weighted by Gasteiger charge is -2.35. The minimum absolute atomic E-state index is 0.101. The van der Waals surface area contributed by atoms with Gasteiger partial charge in [0, 0.05) is 37.8 Å². The summed E-state index contributed by atoms with van der Waals surface area (Å²) in [5.74, 6) is 1.30.